The minimum atomic E-state index is 0.605. The predicted octanol–water partition coefficient (Wildman–Crippen LogP) is 4.43. The summed E-state index contributed by atoms with van der Waals surface area (Å²) in [4.78, 5) is 7.97. The van der Waals surface area contributed by atoms with Crippen LogP contribution in [0.25, 0.3) is 10.2 Å². The standard InChI is InChI=1S/C15H19BrN2S/c1-11(16)9-12-5-4-8-18(12)10-15-17-13-6-2-3-7-14(13)19-15/h2-3,6-7,11-12H,4-5,8-10H2,1H3. The van der Waals surface area contributed by atoms with Gasteiger partial charge in [0.05, 0.1) is 16.8 Å². The van der Waals surface area contributed by atoms with Gasteiger partial charge in [0.25, 0.3) is 0 Å². The van der Waals surface area contributed by atoms with Gasteiger partial charge in [-0.1, -0.05) is 35.0 Å². The molecule has 0 amide bonds. The molecule has 2 heterocycles. The van der Waals surface area contributed by atoms with E-state index in [1.807, 2.05) is 11.3 Å². The Morgan fingerprint density at radius 1 is 1.47 bits per heavy atom. The maximum atomic E-state index is 4.75. The average Bonchev–Trinajstić information content (AvgIpc) is 2.95. The second-order valence-corrected chi connectivity index (χ2v) is 8.04. The monoisotopic (exact) mass is 338 g/mol. The number of hydrogen-bond donors (Lipinski definition) is 0. The van der Waals surface area contributed by atoms with E-state index < -0.39 is 0 Å². The lowest BCUT2D eigenvalue weighted by molar-refractivity contribution is 0.235. The Hall–Kier alpha value is -0.450. The van der Waals surface area contributed by atoms with Gasteiger partial charge < -0.3 is 0 Å². The summed E-state index contributed by atoms with van der Waals surface area (Å²) in [5.74, 6) is 0. The zero-order valence-corrected chi connectivity index (χ0v) is 13.6. The van der Waals surface area contributed by atoms with Crippen LogP contribution in [0.15, 0.2) is 24.3 Å². The largest absolute Gasteiger partial charge is 0.294 e. The van der Waals surface area contributed by atoms with Crippen molar-refractivity contribution < 1.29 is 0 Å². The van der Waals surface area contributed by atoms with E-state index >= 15 is 0 Å². The van der Waals surface area contributed by atoms with E-state index in [1.54, 1.807) is 0 Å². The number of aromatic nitrogens is 1. The first kappa shape index (κ1) is 13.5. The molecule has 1 aliphatic heterocycles. The van der Waals surface area contributed by atoms with E-state index in [-0.39, 0.29) is 0 Å². The third-order valence-electron chi connectivity index (χ3n) is 3.77. The lowest BCUT2D eigenvalue weighted by atomic mass is 10.1. The summed E-state index contributed by atoms with van der Waals surface area (Å²) in [6.07, 6.45) is 3.90. The molecule has 102 valence electrons. The van der Waals surface area contributed by atoms with Gasteiger partial charge in [-0.25, -0.2) is 4.98 Å². The molecular weight excluding hydrogens is 320 g/mol. The first-order valence-corrected chi connectivity index (χ1v) is 8.68. The highest BCUT2D eigenvalue weighted by atomic mass is 79.9. The van der Waals surface area contributed by atoms with Crippen LogP contribution in [-0.2, 0) is 6.54 Å². The minimum absolute atomic E-state index is 0.605. The lowest BCUT2D eigenvalue weighted by Crippen LogP contribution is -2.30. The molecule has 3 rings (SSSR count). The van der Waals surface area contributed by atoms with Gasteiger partial charge in [0.2, 0.25) is 0 Å². The van der Waals surface area contributed by atoms with Crippen LogP contribution in [0.3, 0.4) is 0 Å². The second-order valence-electron chi connectivity index (χ2n) is 5.36. The number of halogens is 1. The molecule has 1 fully saturated rings. The Bertz CT molecular complexity index is 519. The van der Waals surface area contributed by atoms with Crippen molar-refractivity contribution >= 4 is 37.5 Å². The van der Waals surface area contributed by atoms with Crippen LogP contribution < -0.4 is 0 Å². The third-order valence-corrected chi connectivity index (χ3v) is 5.17. The number of para-hydroxylation sites is 1. The van der Waals surface area contributed by atoms with E-state index in [0.29, 0.717) is 4.83 Å². The van der Waals surface area contributed by atoms with Crippen LogP contribution in [0.1, 0.15) is 31.2 Å². The number of hydrogen-bond acceptors (Lipinski definition) is 3. The molecule has 0 saturated carbocycles. The minimum Gasteiger partial charge on any atom is -0.294 e. The molecule has 0 N–H and O–H groups in total. The molecule has 1 aliphatic rings. The average molecular weight is 339 g/mol. The first-order chi connectivity index (χ1) is 9.22. The Morgan fingerprint density at radius 2 is 2.32 bits per heavy atom. The second kappa shape index (κ2) is 5.90. The van der Waals surface area contributed by atoms with Crippen LogP contribution in [0.4, 0.5) is 0 Å². The van der Waals surface area contributed by atoms with Crippen molar-refractivity contribution in [2.24, 2.45) is 0 Å². The molecule has 2 atom stereocenters. The van der Waals surface area contributed by atoms with Crippen molar-refractivity contribution in [2.75, 3.05) is 6.54 Å². The molecule has 0 radical (unpaired) electrons. The number of alkyl halides is 1. The topological polar surface area (TPSA) is 16.1 Å². The van der Waals surface area contributed by atoms with Crippen molar-refractivity contribution in [1.29, 1.82) is 0 Å². The van der Waals surface area contributed by atoms with Crippen LogP contribution in [0.2, 0.25) is 0 Å². The summed E-state index contributed by atoms with van der Waals surface area (Å²) in [6.45, 7) is 4.48. The van der Waals surface area contributed by atoms with Crippen LogP contribution >= 0.6 is 27.3 Å². The van der Waals surface area contributed by atoms with Gasteiger partial charge in [-0.15, -0.1) is 11.3 Å². The van der Waals surface area contributed by atoms with Gasteiger partial charge in [-0.3, -0.25) is 4.90 Å². The zero-order chi connectivity index (χ0) is 13.2. The molecule has 0 spiro atoms. The zero-order valence-electron chi connectivity index (χ0n) is 11.2. The summed E-state index contributed by atoms with van der Waals surface area (Å²) >= 11 is 5.53. The van der Waals surface area contributed by atoms with E-state index in [0.717, 1.165) is 18.1 Å². The highest BCUT2D eigenvalue weighted by Gasteiger charge is 2.26. The molecule has 2 aromatic rings. The molecule has 1 saturated heterocycles. The highest BCUT2D eigenvalue weighted by Crippen LogP contribution is 2.28. The summed E-state index contributed by atoms with van der Waals surface area (Å²) in [6, 6.07) is 9.16. The molecule has 2 unspecified atom stereocenters. The first-order valence-electron chi connectivity index (χ1n) is 6.95. The Kier molecular flexibility index (Phi) is 4.20. The summed E-state index contributed by atoms with van der Waals surface area (Å²) < 4.78 is 1.31. The quantitative estimate of drug-likeness (QED) is 0.766. The van der Waals surface area contributed by atoms with Gasteiger partial charge in [0.1, 0.15) is 5.01 Å². The third kappa shape index (κ3) is 3.18. The Labute approximate surface area is 127 Å². The maximum absolute atomic E-state index is 4.75. The predicted molar refractivity (Wildman–Crippen MR) is 86.1 cm³/mol. The van der Waals surface area contributed by atoms with E-state index in [4.69, 9.17) is 4.98 Å². The van der Waals surface area contributed by atoms with E-state index in [2.05, 4.69) is 52.0 Å². The SMILES string of the molecule is CC(Br)CC1CCCN1Cc1nc2ccccc2s1. The van der Waals surface area contributed by atoms with E-state index in [1.165, 1.54) is 35.5 Å². The van der Waals surface area contributed by atoms with E-state index in [9.17, 15) is 0 Å². The van der Waals surface area contributed by atoms with Gasteiger partial charge in [0.15, 0.2) is 0 Å². The van der Waals surface area contributed by atoms with Crippen molar-refractivity contribution in [3.05, 3.63) is 29.3 Å². The summed E-state index contributed by atoms with van der Waals surface area (Å²) in [7, 11) is 0. The van der Waals surface area contributed by atoms with Gasteiger partial charge >= 0.3 is 0 Å². The Morgan fingerprint density at radius 3 is 3.11 bits per heavy atom. The maximum Gasteiger partial charge on any atom is 0.108 e. The fraction of sp³-hybridized carbons (Fsp3) is 0.533. The number of thiazole rings is 1. The van der Waals surface area contributed by atoms with Crippen molar-refractivity contribution in [2.45, 2.75) is 43.6 Å². The summed E-state index contributed by atoms with van der Waals surface area (Å²) in [5, 5.41) is 1.26. The highest BCUT2D eigenvalue weighted by molar-refractivity contribution is 9.09. The van der Waals surface area contributed by atoms with Crippen molar-refractivity contribution in [3.63, 3.8) is 0 Å². The molecule has 1 aromatic heterocycles. The van der Waals surface area contributed by atoms with Crippen molar-refractivity contribution in [3.8, 4) is 0 Å². The molecular formula is C15H19BrN2S. The molecule has 1 aromatic carbocycles. The van der Waals surface area contributed by atoms with Crippen molar-refractivity contribution in [1.82, 2.24) is 9.88 Å². The summed E-state index contributed by atoms with van der Waals surface area (Å²) in [5.41, 5.74) is 1.15. The number of fused-ring (bicyclic) bond motifs is 1. The molecule has 0 aliphatic carbocycles. The lowest BCUT2D eigenvalue weighted by Gasteiger charge is -2.24. The number of benzene rings is 1. The number of rotatable bonds is 4. The fourth-order valence-corrected chi connectivity index (χ4v) is 4.33. The fourth-order valence-electron chi connectivity index (χ4n) is 2.91. The smallest absolute Gasteiger partial charge is 0.108 e. The normalized spacial score (nSPS) is 22.1. The molecule has 2 nitrogen and oxygen atoms in total. The molecule has 19 heavy (non-hydrogen) atoms. The van der Waals surface area contributed by atoms with Crippen LogP contribution in [-0.4, -0.2) is 27.3 Å². The molecule has 4 heteroatoms. The Balaban J connectivity index is 1.73. The van der Waals surface area contributed by atoms with Gasteiger partial charge in [-0.05, 0) is 37.9 Å². The van der Waals surface area contributed by atoms with Gasteiger partial charge in [-0.2, -0.15) is 0 Å². The number of nitrogens with zero attached hydrogens (tertiary/aromatic N) is 2. The van der Waals surface area contributed by atoms with Gasteiger partial charge in [0, 0.05) is 10.9 Å². The van der Waals surface area contributed by atoms with Crippen LogP contribution in [0, 0.1) is 0 Å². The van der Waals surface area contributed by atoms with Crippen LogP contribution in [0.5, 0.6) is 0 Å². The number of likely N-dealkylation sites (tertiary alicyclic amines) is 1. The molecule has 0 bridgehead atoms.